The molecule has 0 aliphatic heterocycles. The first kappa shape index (κ1) is 8.89. The fourth-order valence-electron chi connectivity index (χ4n) is 0.444. The maximum absolute atomic E-state index is 12.4. The Labute approximate surface area is 61.1 Å². The first-order chi connectivity index (χ1) is 4.74. The molecular weight excluding hydrogens is 127 g/mol. The lowest BCUT2D eigenvalue weighted by Crippen LogP contribution is -1.70. The van der Waals surface area contributed by atoms with Gasteiger partial charge in [-0.25, -0.2) is 4.39 Å². The van der Waals surface area contributed by atoms with Gasteiger partial charge < -0.3 is 0 Å². The lowest BCUT2D eigenvalue weighted by molar-refractivity contribution is 0.664. The molecular formula is C9H11F. The van der Waals surface area contributed by atoms with Crippen LogP contribution >= 0.6 is 0 Å². The quantitative estimate of drug-likeness (QED) is 0.525. The zero-order valence-electron chi connectivity index (χ0n) is 6.10. The normalized spacial score (nSPS) is 10.4. The molecule has 0 amide bonds. The Hall–Kier alpha value is -1.11. The second-order valence-corrected chi connectivity index (χ2v) is 1.73. The van der Waals surface area contributed by atoms with E-state index in [1.54, 1.807) is 19.1 Å². The van der Waals surface area contributed by atoms with Gasteiger partial charge in [-0.3, -0.25) is 0 Å². The maximum Gasteiger partial charge on any atom is 0.119 e. The number of rotatable bonds is 3. The molecule has 0 aliphatic rings. The van der Waals surface area contributed by atoms with Crippen LogP contribution in [0.4, 0.5) is 4.39 Å². The monoisotopic (exact) mass is 138 g/mol. The summed E-state index contributed by atoms with van der Waals surface area (Å²) in [5.41, 5.74) is 0.690. The minimum atomic E-state index is -0.269. The molecule has 0 unspecified atom stereocenters. The largest absolute Gasteiger partial charge is 0.207 e. The van der Waals surface area contributed by atoms with E-state index in [2.05, 4.69) is 13.2 Å². The van der Waals surface area contributed by atoms with Crippen molar-refractivity contribution in [3.8, 4) is 0 Å². The van der Waals surface area contributed by atoms with Crippen LogP contribution in [-0.2, 0) is 0 Å². The van der Waals surface area contributed by atoms with Crippen LogP contribution in [0.2, 0.25) is 0 Å². The number of hydrogen-bond donors (Lipinski definition) is 0. The third kappa shape index (κ3) is 3.02. The van der Waals surface area contributed by atoms with Gasteiger partial charge in [0.15, 0.2) is 0 Å². The molecule has 0 rings (SSSR count). The fraction of sp³-hybridized carbons (Fsp3) is 0.111. The van der Waals surface area contributed by atoms with Gasteiger partial charge in [0, 0.05) is 0 Å². The minimum absolute atomic E-state index is 0.269. The molecule has 10 heavy (non-hydrogen) atoms. The van der Waals surface area contributed by atoms with E-state index in [9.17, 15) is 4.39 Å². The summed E-state index contributed by atoms with van der Waals surface area (Å²) >= 11 is 0. The van der Waals surface area contributed by atoms with Crippen molar-refractivity contribution in [2.24, 2.45) is 0 Å². The lowest BCUT2D eigenvalue weighted by atomic mass is 10.2. The topological polar surface area (TPSA) is 0 Å². The number of allylic oxidation sites excluding steroid dienone is 6. The lowest BCUT2D eigenvalue weighted by Gasteiger charge is -1.88. The van der Waals surface area contributed by atoms with Gasteiger partial charge in [-0.1, -0.05) is 31.4 Å². The Morgan fingerprint density at radius 2 is 1.80 bits per heavy atom. The van der Waals surface area contributed by atoms with Gasteiger partial charge in [-0.2, -0.15) is 0 Å². The van der Waals surface area contributed by atoms with Crippen LogP contribution in [0.5, 0.6) is 0 Å². The highest BCUT2D eigenvalue weighted by molar-refractivity contribution is 5.33. The summed E-state index contributed by atoms with van der Waals surface area (Å²) in [6, 6.07) is 0. The first-order valence-corrected chi connectivity index (χ1v) is 3.03. The Bertz CT molecular complexity index is 175. The molecule has 0 aliphatic carbocycles. The van der Waals surface area contributed by atoms with Gasteiger partial charge in [-0.05, 0) is 18.6 Å². The summed E-state index contributed by atoms with van der Waals surface area (Å²) in [7, 11) is 0. The molecule has 0 saturated heterocycles. The summed E-state index contributed by atoms with van der Waals surface area (Å²) in [6.07, 6.45) is 5.86. The van der Waals surface area contributed by atoms with Crippen molar-refractivity contribution in [1.82, 2.24) is 0 Å². The van der Waals surface area contributed by atoms with E-state index in [1.165, 1.54) is 12.2 Å². The molecule has 0 N–H and O–H groups in total. The zero-order valence-corrected chi connectivity index (χ0v) is 6.10. The predicted octanol–water partition coefficient (Wildman–Crippen LogP) is 3.16. The summed E-state index contributed by atoms with van der Waals surface area (Å²) in [4.78, 5) is 0. The molecule has 0 bridgehead atoms. The Kier molecular flexibility index (Phi) is 4.21. The van der Waals surface area contributed by atoms with E-state index in [0.29, 0.717) is 5.57 Å². The van der Waals surface area contributed by atoms with Crippen LogP contribution in [0.15, 0.2) is 48.9 Å². The van der Waals surface area contributed by atoms with Crippen LogP contribution in [0.25, 0.3) is 0 Å². The van der Waals surface area contributed by atoms with Crippen LogP contribution < -0.4 is 0 Å². The molecule has 0 radical (unpaired) electrons. The standard InChI is InChI=1S/C9H11F/c1-4-8(5-2)7-9(10)6-3/h4-7H,1-2H2,3H3/b9-6+. The van der Waals surface area contributed by atoms with Gasteiger partial charge >= 0.3 is 0 Å². The van der Waals surface area contributed by atoms with Gasteiger partial charge in [0.1, 0.15) is 5.83 Å². The summed E-state index contributed by atoms with van der Waals surface area (Å²) in [5, 5.41) is 0. The Morgan fingerprint density at radius 1 is 1.30 bits per heavy atom. The second kappa shape index (κ2) is 4.74. The van der Waals surface area contributed by atoms with Gasteiger partial charge in [0.05, 0.1) is 0 Å². The van der Waals surface area contributed by atoms with Crippen LogP contribution in [0, 0.1) is 0 Å². The van der Waals surface area contributed by atoms with Crippen molar-refractivity contribution in [2.75, 3.05) is 0 Å². The van der Waals surface area contributed by atoms with Crippen molar-refractivity contribution in [1.29, 1.82) is 0 Å². The van der Waals surface area contributed by atoms with Crippen LogP contribution in [-0.4, -0.2) is 0 Å². The molecule has 0 fully saturated rings. The predicted molar refractivity (Wildman–Crippen MR) is 43.3 cm³/mol. The van der Waals surface area contributed by atoms with Crippen molar-refractivity contribution in [3.63, 3.8) is 0 Å². The average Bonchev–Trinajstić information content (AvgIpc) is 1.99. The highest BCUT2D eigenvalue weighted by Gasteiger charge is 1.86. The first-order valence-electron chi connectivity index (χ1n) is 3.03. The molecule has 54 valence electrons. The minimum Gasteiger partial charge on any atom is -0.207 e. The maximum atomic E-state index is 12.4. The van der Waals surface area contributed by atoms with Crippen molar-refractivity contribution >= 4 is 0 Å². The van der Waals surface area contributed by atoms with E-state index in [4.69, 9.17) is 0 Å². The van der Waals surface area contributed by atoms with E-state index in [-0.39, 0.29) is 5.83 Å². The molecule has 0 nitrogen and oxygen atoms in total. The van der Waals surface area contributed by atoms with Gasteiger partial charge in [0.25, 0.3) is 0 Å². The average molecular weight is 138 g/mol. The fourth-order valence-corrected chi connectivity index (χ4v) is 0.444. The molecule has 0 saturated carbocycles. The van der Waals surface area contributed by atoms with Gasteiger partial charge in [-0.15, -0.1) is 0 Å². The third-order valence-electron chi connectivity index (χ3n) is 1.05. The summed E-state index contributed by atoms with van der Waals surface area (Å²) < 4.78 is 12.4. The molecule has 1 heteroatoms. The molecule has 0 aromatic heterocycles. The number of hydrogen-bond acceptors (Lipinski definition) is 0. The second-order valence-electron chi connectivity index (χ2n) is 1.73. The van der Waals surface area contributed by atoms with Crippen molar-refractivity contribution in [2.45, 2.75) is 6.92 Å². The molecule has 0 heterocycles. The van der Waals surface area contributed by atoms with Crippen LogP contribution in [0.3, 0.4) is 0 Å². The molecule has 0 aromatic carbocycles. The highest BCUT2D eigenvalue weighted by Crippen LogP contribution is 2.04. The molecule has 0 atom stereocenters. The van der Waals surface area contributed by atoms with Crippen molar-refractivity contribution in [3.05, 3.63) is 48.9 Å². The molecule has 0 aromatic rings. The highest BCUT2D eigenvalue weighted by atomic mass is 19.1. The SMILES string of the molecule is C=CC(C=C)=C/C(F)=C\C. The van der Waals surface area contributed by atoms with Crippen LogP contribution in [0.1, 0.15) is 6.92 Å². The third-order valence-corrected chi connectivity index (χ3v) is 1.05. The summed E-state index contributed by atoms with van der Waals surface area (Å²) in [6.45, 7) is 8.61. The number of halogens is 1. The molecule has 0 spiro atoms. The Balaban J connectivity index is 4.39. The Morgan fingerprint density at radius 3 is 2.10 bits per heavy atom. The van der Waals surface area contributed by atoms with Crippen molar-refractivity contribution < 1.29 is 4.39 Å². The van der Waals surface area contributed by atoms with E-state index < -0.39 is 0 Å². The van der Waals surface area contributed by atoms with E-state index in [0.717, 1.165) is 0 Å². The van der Waals surface area contributed by atoms with E-state index >= 15 is 0 Å². The summed E-state index contributed by atoms with van der Waals surface area (Å²) in [5.74, 6) is -0.269. The smallest absolute Gasteiger partial charge is 0.119 e. The van der Waals surface area contributed by atoms with Gasteiger partial charge in [0.2, 0.25) is 0 Å². The van der Waals surface area contributed by atoms with E-state index in [1.807, 2.05) is 0 Å². The zero-order chi connectivity index (χ0) is 7.98.